The number of fused-ring (bicyclic) bond motifs is 2. The van der Waals surface area contributed by atoms with Crippen molar-refractivity contribution in [2.24, 2.45) is 0 Å². The number of carbonyl (C=O) groups excluding carboxylic acids is 3. The summed E-state index contributed by atoms with van der Waals surface area (Å²) in [4.78, 5) is 43.7. The monoisotopic (exact) mass is 423 g/mol. The number of para-hydroxylation sites is 1. The first-order valence-electron chi connectivity index (χ1n) is 10.6. The van der Waals surface area contributed by atoms with Crippen LogP contribution in [0.2, 0.25) is 0 Å². The SMILES string of the molecule is Cc1cc(C)n(CCC(=O)N2CCC3(C2)C(=O)N(CC(=O)N(C)C)c2ccccc23)n1. The average molecular weight is 424 g/mol. The molecule has 0 aliphatic carbocycles. The third kappa shape index (κ3) is 3.60. The number of rotatable bonds is 5. The molecule has 1 saturated heterocycles. The number of benzene rings is 1. The molecule has 8 heteroatoms. The number of nitrogens with zero attached hydrogens (tertiary/aromatic N) is 5. The normalized spacial score (nSPS) is 19.9. The van der Waals surface area contributed by atoms with Gasteiger partial charge in [0.25, 0.3) is 0 Å². The maximum atomic E-state index is 13.5. The number of carbonyl (C=O) groups is 3. The van der Waals surface area contributed by atoms with Gasteiger partial charge in [-0.1, -0.05) is 18.2 Å². The zero-order chi connectivity index (χ0) is 22.3. The van der Waals surface area contributed by atoms with E-state index in [2.05, 4.69) is 5.10 Å². The molecule has 1 unspecified atom stereocenters. The summed E-state index contributed by atoms with van der Waals surface area (Å²) in [7, 11) is 3.37. The Morgan fingerprint density at radius 1 is 1.19 bits per heavy atom. The highest BCUT2D eigenvalue weighted by Crippen LogP contribution is 2.47. The highest BCUT2D eigenvalue weighted by molar-refractivity contribution is 6.11. The quantitative estimate of drug-likeness (QED) is 0.730. The van der Waals surface area contributed by atoms with E-state index in [9.17, 15) is 14.4 Å². The predicted molar refractivity (Wildman–Crippen MR) is 117 cm³/mol. The molecule has 1 aromatic heterocycles. The fourth-order valence-corrected chi connectivity index (χ4v) is 4.71. The van der Waals surface area contributed by atoms with E-state index in [1.807, 2.05) is 48.9 Å². The van der Waals surface area contributed by atoms with E-state index in [4.69, 9.17) is 0 Å². The maximum absolute atomic E-state index is 13.5. The van der Waals surface area contributed by atoms with E-state index in [-0.39, 0.29) is 24.3 Å². The van der Waals surface area contributed by atoms with Crippen molar-refractivity contribution < 1.29 is 14.4 Å². The number of aryl methyl sites for hydroxylation is 3. The molecule has 164 valence electrons. The van der Waals surface area contributed by atoms with Gasteiger partial charge in [0.1, 0.15) is 6.54 Å². The van der Waals surface area contributed by atoms with Crippen molar-refractivity contribution in [2.45, 2.75) is 38.6 Å². The Bertz CT molecular complexity index is 1040. The van der Waals surface area contributed by atoms with Crippen LogP contribution in [0.1, 0.15) is 29.8 Å². The van der Waals surface area contributed by atoms with Crippen molar-refractivity contribution in [3.05, 3.63) is 47.3 Å². The van der Waals surface area contributed by atoms with E-state index in [1.165, 1.54) is 4.90 Å². The Morgan fingerprint density at radius 2 is 1.94 bits per heavy atom. The van der Waals surface area contributed by atoms with E-state index in [0.717, 1.165) is 22.6 Å². The van der Waals surface area contributed by atoms with Crippen LogP contribution in [0.15, 0.2) is 30.3 Å². The van der Waals surface area contributed by atoms with Crippen molar-refractivity contribution in [3.8, 4) is 0 Å². The topological polar surface area (TPSA) is 78.8 Å². The van der Waals surface area contributed by atoms with Gasteiger partial charge in [-0.3, -0.25) is 19.1 Å². The zero-order valence-electron chi connectivity index (χ0n) is 18.6. The van der Waals surface area contributed by atoms with Gasteiger partial charge in [0, 0.05) is 51.5 Å². The van der Waals surface area contributed by atoms with Crippen LogP contribution >= 0.6 is 0 Å². The number of likely N-dealkylation sites (tertiary alicyclic amines) is 1. The van der Waals surface area contributed by atoms with Crippen LogP contribution in [-0.2, 0) is 26.3 Å². The summed E-state index contributed by atoms with van der Waals surface area (Å²) < 4.78 is 1.85. The van der Waals surface area contributed by atoms with E-state index in [0.29, 0.717) is 32.5 Å². The van der Waals surface area contributed by atoms with Crippen LogP contribution in [0.3, 0.4) is 0 Å². The number of amides is 3. The number of anilines is 1. The second-order valence-electron chi connectivity index (χ2n) is 8.74. The van der Waals surface area contributed by atoms with Gasteiger partial charge in [0.2, 0.25) is 17.7 Å². The molecule has 1 aromatic carbocycles. The highest BCUT2D eigenvalue weighted by atomic mass is 16.2. The molecular weight excluding hydrogens is 394 g/mol. The molecule has 0 saturated carbocycles. The fourth-order valence-electron chi connectivity index (χ4n) is 4.71. The van der Waals surface area contributed by atoms with Crippen LogP contribution in [0, 0.1) is 13.8 Å². The smallest absolute Gasteiger partial charge is 0.242 e. The lowest BCUT2D eigenvalue weighted by molar-refractivity contribution is -0.132. The Balaban J connectivity index is 1.51. The lowest BCUT2D eigenvalue weighted by Crippen LogP contribution is -2.46. The van der Waals surface area contributed by atoms with Gasteiger partial charge >= 0.3 is 0 Å². The van der Waals surface area contributed by atoms with Gasteiger partial charge in [-0.05, 0) is 38.0 Å². The minimum absolute atomic E-state index is 0.0104. The molecule has 1 atom stereocenters. The average Bonchev–Trinajstić information content (AvgIpc) is 3.38. The Kier molecular flexibility index (Phi) is 5.33. The molecule has 31 heavy (non-hydrogen) atoms. The van der Waals surface area contributed by atoms with Crippen LogP contribution < -0.4 is 4.90 Å². The second-order valence-corrected chi connectivity index (χ2v) is 8.74. The maximum Gasteiger partial charge on any atom is 0.242 e. The minimum Gasteiger partial charge on any atom is -0.347 e. The molecule has 2 aromatic rings. The molecule has 1 fully saturated rings. The zero-order valence-corrected chi connectivity index (χ0v) is 18.6. The predicted octanol–water partition coefficient (Wildman–Crippen LogP) is 1.50. The summed E-state index contributed by atoms with van der Waals surface area (Å²) in [5, 5.41) is 4.42. The minimum atomic E-state index is -0.767. The number of hydrogen-bond acceptors (Lipinski definition) is 4. The van der Waals surface area contributed by atoms with Crippen molar-refractivity contribution in [1.82, 2.24) is 19.6 Å². The Labute approximate surface area is 182 Å². The molecule has 3 heterocycles. The molecule has 1 spiro atoms. The highest BCUT2D eigenvalue weighted by Gasteiger charge is 2.55. The van der Waals surface area contributed by atoms with Crippen molar-refractivity contribution in [3.63, 3.8) is 0 Å². The molecule has 4 rings (SSSR count). The number of likely N-dealkylation sites (N-methyl/N-ethyl adjacent to an activating group) is 1. The van der Waals surface area contributed by atoms with Crippen molar-refractivity contribution in [2.75, 3.05) is 38.6 Å². The van der Waals surface area contributed by atoms with Gasteiger partial charge in [0.15, 0.2) is 0 Å². The van der Waals surface area contributed by atoms with Crippen molar-refractivity contribution >= 4 is 23.4 Å². The molecule has 0 radical (unpaired) electrons. The van der Waals surface area contributed by atoms with Gasteiger partial charge < -0.3 is 14.7 Å². The first kappa shape index (κ1) is 21.1. The standard InChI is InChI=1S/C23H29N5O3/c1-16-13-17(2)28(24-16)11-9-20(29)26-12-10-23(15-26)18-7-5-6-8-19(18)27(22(23)31)14-21(30)25(3)4/h5-8,13H,9-12,14-15H2,1-4H3. The van der Waals surface area contributed by atoms with E-state index < -0.39 is 5.41 Å². The lowest BCUT2D eigenvalue weighted by atomic mass is 9.81. The molecular formula is C23H29N5O3. The molecule has 0 N–H and O–H groups in total. The van der Waals surface area contributed by atoms with E-state index >= 15 is 0 Å². The summed E-state index contributed by atoms with van der Waals surface area (Å²) >= 11 is 0. The third-order valence-corrected chi connectivity index (χ3v) is 6.42. The van der Waals surface area contributed by atoms with Gasteiger partial charge in [-0.15, -0.1) is 0 Å². The summed E-state index contributed by atoms with van der Waals surface area (Å²) in [6, 6.07) is 9.63. The number of aromatic nitrogens is 2. The van der Waals surface area contributed by atoms with Gasteiger partial charge in [-0.2, -0.15) is 5.10 Å². The van der Waals surface area contributed by atoms with E-state index in [1.54, 1.807) is 23.9 Å². The summed E-state index contributed by atoms with van der Waals surface area (Å²) in [6.07, 6.45) is 0.915. The largest absolute Gasteiger partial charge is 0.347 e. The van der Waals surface area contributed by atoms with Crippen molar-refractivity contribution in [1.29, 1.82) is 0 Å². The molecule has 2 aliphatic rings. The van der Waals surface area contributed by atoms with Crippen LogP contribution in [0.4, 0.5) is 5.69 Å². The summed E-state index contributed by atoms with van der Waals surface area (Å²) in [5.74, 6) is -0.189. The third-order valence-electron chi connectivity index (χ3n) is 6.42. The lowest BCUT2D eigenvalue weighted by Gasteiger charge is -2.25. The summed E-state index contributed by atoms with van der Waals surface area (Å²) in [5.41, 5.74) is 2.90. The molecule has 0 bridgehead atoms. The van der Waals surface area contributed by atoms with Gasteiger partial charge in [-0.25, -0.2) is 0 Å². The Hall–Kier alpha value is -3.16. The first-order chi connectivity index (χ1) is 14.7. The molecule has 2 aliphatic heterocycles. The van der Waals surface area contributed by atoms with Crippen LogP contribution in [-0.4, -0.2) is 71.0 Å². The van der Waals surface area contributed by atoms with Crippen LogP contribution in [0.5, 0.6) is 0 Å². The number of hydrogen-bond donors (Lipinski definition) is 0. The summed E-state index contributed by atoms with van der Waals surface area (Å²) in [6.45, 7) is 5.34. The first-order valence-corrected chi connectivity index (χ1v) is 10.6. The molecule has 8 nitrogen and oxygen atoms in total. The Morgan fingerprint density at radius 3 is 2.61 bits per heavy atom. The van der Waals surface area contributed by atoms with Gasteiger partial charge in [0.05, 0.1) is 11.1 Å². The molecule has 3 amide bonds. The van der Waals surface area contributed by atoms with Crippen LogP contribution in [0.25, 0.3) is 0 Å². The fraction of sp³-hybridized carbons (Fsp3) is 0.478. The second kappa shape index (κ2) is 7.83.